The van der Waals surface area contributed by atoms with E-state index in [9.17, 15) is 22.7 Å². The summed E-state index contributed by atoms with van der Waals surface area (Å²) in [6.07, 6.45) is 0. The molecule has 0 atom stereocenters. The molecule has 10 heteroatoms. The summed E-state index contributed by atoms with van der Waals surface area (Å²) < 4.78 is 41.3. The van der Waals surface area contributed by atoms with Crippen LogP contribution in [-0.4, -0.2) is 24.5 Å². The van der Waals surface area contributed by atoms with Crippen LogP contribution in [0.5, 0.6) is 0 Å². The molecule has 1 heterocycles. The topological polar surface area (TPSA) is 108 Å². The van der Waals surface area contributed by atoms with E-state index in [-0.39, 0.29) is 21.9 Å². The molecule has 2 rings (SSSR count). The third-order valence-electron chi connectivity index (χ3n) is 4.45. The second-order valence-electron chi connectivity index (χ2n) is 8.25. The zero-order chi connectivity index (χ0) is 23.0. The first-order valence-corrected chi connectivity index (χ1v) is 11.8. The Hall–Kier alpha value is -2.04. The summed E-state index contributed by atoms with van der Waals surface area (Å²) in [7, 11) is -4.28. The molecule has 7 nitrogen and oxygen atoms in total. The molecule has 2 aromatic rings. The number of carbonyl (C=O) groups excluding carboxylic acids is 1. The zero-order valence-electron chi connectivity index (χ0n) is 18.1. The molecule has 0 saturated carbocycles. The van der Waals surface area contributed by atoms with Crippen molar-refractivity contribution in [2.24, 2.45) is 0 Å². The number of hydrogen-bond acceptors (Lipinski definition) is 6. The fourth-order valence-corrected chi connectivity index (χ4v) is 5.41. The number of amides is 2. The van der Waals surface area contributed by atoms with E-state index >= 15 is 0 Å². The summed E-state index contributed by atoms with van der Waals surface area (Å²) in [5.41, 5.74) is 0.366. The van der Waals surface area contributed by atoms with Gasteiger partial charge in [0.25, 0.3) is 10.0 Å². The molecule has 0 fully saturated rings. The van der Waals surface area contributed by atoms with Crippen molar-refractivity contribution in [3.63, 3.8) is 0 Å². The van der Waals surface area contributed by atoms with Gasteiger partial charge in [-0.1, -0.05) is 33.8 Å². The summed E-state index contributed by atoms with van der Waals surface area (Å²) in [5.74, 6) is -0.726. The fourth-order valence-electron chi connectivity index (χ4n) is 3.16. The van der Waals surface area contributed by atoms with Gasteiger partial charge in [-0.15, -0.1) is 11.3 Å². The first-order valence-electron chi connectivity index (χ1n) is 9.51. The van der Waals surface area contributed by atoms with Gasteiger partial charge in [-0.2, -0.15) is 8.42 Å². The van der Waals surface area contributed by atoms with Crippen LogP contribution in [0.4, 0.5) is 14.9 Å². The summed E-state index contributed by atoms with van der Waals surface area (Å²) in [6.45, 7) is 12.0. The van der Waals surface area contributed by atoms with E-state index in [2.05, 4.69) is 10.3 Å². The highest BCUT2D eigenvalue weighted by Crippen LogP contribution is 2.35. The Morgan fingerprint density at radius 3 is 2.27 bits per heavy atom. The molecule has 2 amide bonds. The first-order chi connectivity index (χ1) is 13.6. The predicted molar refractivity (Wildman–Crippen MR) is 116 cm³/mol. The van der Waals surface area contributed by atoms with Gasteiger partial charge in [-0.05, 0) is 44.2 Å². The maximum atomic E-state index is 14.4. The fraction of sp³-hybridized carbons (Fsp3) is 0.500. The molecule has 166 valence electrons. The van der Waals surface area contributed by atoms with Crippen LogP contribution in [0, 0.1) is 12.7 Å². The zero-order valence-corrected chi connectivity index (χ0v) is 19.8. The summed E-state index contributed by atoms with van der Waals surface area (Å²) in [6, 6.07) is 1.92. The molecule has 0 aliphatic carbocycles. The third-order valence-corrected chi connectivity index (χ3v) is 7.63. The number of benzene rings is 1. The number of nitrogens with zero attached hydrogens (tertiary/aromatic N) is 1. The highest BCUT2D eigenvalue weighted by atomic mass is 32.2. The average Bonchev–Trinajstić information content (AvgIpc) is 2.96. The number of halogens is 1. The molecule has 0 saturated heterocycles. The Kier molecular flexibility index (Phi) is 6.95. The van der Waals surface area contributed by atoms with Gasteiger partial charge in [0.05, 0.1) is 21.9 Å². The van der Waals surface area contributed by atoms with Gasteiger partial charge in [-0.3, -0.25) is 0 Å². The summed E-state index contributed by atoms with van der Waals surface area (Å²) in [4.78, 5) is 16.9. The molecule has 0 bridgehead atoms. The molecular weight excluding hydrogens is 429 g/mol. The van der Waals surface area contributed by atoms with E-state index < -0.39 is 27.5 Å². The normalized spacial score (nSPS) is 12.5. The lowest BCUT2D eigenvalue weighted by Crippen LogP contribution is -2.35. The number of urea groups is 1. The average molecular weight is 458 g/mol. The van der Waals surface area contributed by atoms with Crippen molar-refractivity contribution in [1.29, 1.82) is 0 Å². The van der Waals surface area contributed by atoms with Crippen molar-refractivity contribution >= 4 is 33.1 Å². The maximum absolute atomic E-state index is 14.4. The number of aromatic nitrogens is 1. The van der Waals surface area contributed by atoms with E-state index in [4.69, 9.17) is 0 Å². The lowest BCUT2D eigenvalue weighted by atomic mass is 9.92. The van der Waals surface area contributed by atoms with Crippen LogP contribution >= 0.6 is 11.3 Å². The van der Waals surface area contributed by atoms with Crippen molar-refractivity contribution in [2.45, 2.75) is 70.2 Å². The monoisotopic (exact) mass is 457 g/mol. The quantitative estimate of drug-likeness (QED) is 0.589. The molecule has 0 aliphatic heterocycles. The van der Waals surface area contributed by atoms with Crippen molar-refractivity contribution in [3.05, 3.63) is 39.6 Å². The lowest BCUT2D eigenvalue weighted by Gasteiger charge is -2.21. The van der Waals surface area contributed by atoms with Crippen molar-refractivity contribution in [2.75, 3.05) is 5.32 Å². The number of thiazole rings is 1. The summed E-state index contributed by atoms with van der Waals surface area (Å²) in [5, 5.41) is 12.7. The minimum Gasteiger partial charge on any atom is -0.385 e. The molecular formula is C20H28FN3O4S2. The van der Waals surface area contributed by atoms with Crippen molar-refractivity contribution < 1.29 is 22.7 Å². The largest absolute Gasteiger partial charge is 0.385 e. The number of carbonyl (C=O) groups is 1. The SMILES string of the molecule is Cc1nc(S(=O)(=O)NC(=O)Nc2c(C(C)C)ccc(F)c2C(C)C)sc1C(C)(C)O. The number of rotatable bonds is 6. The number of anilines is 1. The third kappa shape index (κ3) is 5.16. The van der Waals surface area contributed by atoms with E-state index in [1.54, 1.807) is 26.8 Å². The Labute approximate surface area is 180 Å². The minimum absolute atomic E-state index is 0.0223. The number of sulfonamides is 1. The van der Waals surface area contributed by atoms with Gasteiger partial charge in [0.2, 0.25) is 4.34 Å². The van der Waals surface area contributed by atoms with E-state index in [1.165, 1.54) is 19.9 Å². The van der Waals surface area contributed by atoms with Crippen molar-refractivity contribution in [1.82, 2.24) is 9.71 Å². The highest BCUT2D eigenvalue weighted by Gasteiger charge is 2.29. The van der Waals surface area contributed by atoms with Gasteiger partial charge < -0.3 is 10.4 Å². The van der Waals surface area contributed by atoms with Crippen LogP contribution in [0.2, 0.25) is 0 Å². The minimum atomic E-state index is -4.28. The van der Waals surface area contributed by atoms with Crippen LogP contribution in [0.3, 0.4) is 0 Å². The molecule has 1 aromatic carbocycles. The molecule has 0 unspecified atom stereocenters. The van der Waals surface area contributed by atoms with Gasteiger partial charge in [0.15, 0.2) is 0 Å². The van der Waals surface area contributed by atoms with Crippen LogP contribution in [0.1, 0.15) is 75.1 Å². The first kappa shape index (κ1) is 24.2. The van der Waals surface area contributed by atoms with E-state index in [1.807, 2.05) is 18.6 Å². The smallest absolute Gasteiger partial charge is 0.333 e. The Bertz CT molecular complexity index is 1050. The number of aliphatic hydroxyl groups is 1. The molecule has 0 spiro atoms. The second kappa shape index (κ2) is 8.60. The van der Waals surface area contributed by atoms with Crippen LogP contribution < -0.4 is 10.0 Å². The Morgan fingerprint density at radius 1 is 1.20 bits per heavy atom. The van der Waals surface area contributed by atoms with Crippen LogP contribution in [-0.2, 0) is 15.6 Å². The van der Waals surface area contributed by atoms with Gasteiger partial charge in [-0.25, -0.2) is 18.9 Å². The summed E-state index contributed by atoms with van der Waals surface area (Å²) >= 11 is 0.789. The number of aryl methyl sites for hydroxylation is 1. The van der Waals surface area contributed by atoms with Crippen LogP contribution in [0.25, 0.3) is 0 Å². The number of nitrogens with one attached hydrogen (secondary N) is 2. The van der Waals surface area contributed by atoms with Crippen molar-refractivity contribution in [3.8, 4) is 0 Å². The second-order valence-corrected chi connectivity index (χ2v) is 11.1. The molecule has 0 aliphatic rings. The van der Waals surface area contributed by atoms with Gasteiger partial charge in [0, 0.05) is 5.56 Å². The molecule has 1 aromatic heterocycles. The number of hydrogen-bond donors (Lipinski definition) is 3. The molecule has 3 N–H and O–H groups in total. The van der Waals surface area contributed by atoms with Crippen LogP contribution in [0.15, 0.2) is 16.5 Å². The lowest BCUT2D eigenvalue weighted by molar-refractivity contribution is 0.0817. The maximum Gasteiger partial charge on any atom is 0.333 e. The van der Waals surface area contributed by atoms with Gasteiger partial charge >= 0.3 is 6.03 Å². The van der Waals surface area contributed by atoms with E-state index in [0.29, 0.717) is 21.7 Å². The predicted octanol–water partition coefficient (Wildman–Crippen LogP) is 4.58. The standard InChI is InChI=1S/C20H28FN3O4S2/c1-10(2)13-8-9-14(21)15(11(3)4)16(13)23-18(25)24-30(27,28)19-22-12(5)17(29-19)20(6,7)26/h8-11,26H,1-7H3,(H2,23,24,25). The van der Waals surface area contributed by atoms with E-state index in [0.717, 1.165) is 11.3 Å². The highest BCUT2D eigenvalue weighted by molar-refractivity contribution is 7.92. The van der Waals surface area contributed by atoms with Gasteiger partial charge in [0.1, 0.15) is 5.82 Å². The Balaban J connectivity index is 2.37. The molecule has 30 heavy (non-hydrogen) atoms. The Morgan fingerprint density at radius 2 is 1.80 bits per heavy atom. The molecule has 0 radical (unpaired) electrons.